The lowest BCUT2D eigenvalue weighted by Crippen LogP contribution is -2.10. The summed E-state index contributed by atoms with van der Waals surface area (Å²) in [5.41, 5.74) is 13.6. The maximum Gasteiger partial charge on any atom is 0.160 e. The summed E-state index contributed by atoms with van der Waals surface area (Å²) in [6, 6.07) is 42.9. The number of hydrogen-bond donors (Lipinski definition) is 0. The van der Waals surface area contributed by atoms with Gasteiger partial charge in [-0.1, -0.05) is 127 Å². The van der Waals surface area contributed by atoms with Crippen molar-refractivity contribution in [3.05, 3.63) is 180 Å². The minimum absolute atomic E-state index is 0.271. The van der Waals surface area contributed by atoms with Crippen molar-refractivity contribution >= 4 is 21.9 Å². The van der Waals surface area contributed by atoms with Crippen molar-refractivity contribution in [2.24, 2.45) is 5.92 Å². The van der Waals surface area contributed by atoms with Crippen LogP contribution in [0.2, 0.25) is 0 Å². The third-order valence-electron chi connectivity index (χ3n) is 10.3. The van der Waals surface area contributed by atoms with Gasteiger partial charge in [-0.3, -0.25) is 0 Å². The second kappa shape index (κ2) is 12.2. The summed E-state index contributed by atoms with van der Waals surface area (Å²) in [6.07, 6.45) is 16.6. The lowest BCUT2D eigenvalue weighted by atomic mass is 9.78. The van der Waals surface area contributed by atoms with Crippen molar-refractivity contribution in [3.63, 3.8) is 0 Å². The van der Waals surface area contributed by atoms with E-state index < -0.39 is 0 Å². The van der Waals surface area contributed by atoms with Gasteiger partial charge in [0.25, 0.3) is 0 Å². The van der Waals surface area contributed by atoms with Crippen LogP contribution in [-0.4, -0.2) is 9.97 Å². The van der Waals surface area contributed by atoms with Crippen molar-refractivity contribution in [2.75, 3.05) is 0 Å². The fourth-order valence-corrected chi connectivity index (χ4v) is 7.86. The summed E-state index contributed by atoms with van der Waals surface area (Å²) in [5.74, 6) is 1.45. The number of hydrogen-bond acceptors (Lipinski definition) is 3. The van der Waals surface area contributed by atoms with Crippen LogP contribution in [0.15, 0.2) is 152 Å². The molecular weight excluding hydrogens is 595 g/mol. The molecule has 2 unspecified atom stereocenters. The van der Waals surface area contributed by atoms with Gasteiger partial charge >= 0.3 is 0 Å². The van der Waals surface area contributed by atoms with Gasteiger partial charge in [0.1, 0.15) is 0 Å². The molecular formula is C46H33N3. The molecule has 0 spiro atoms. The topological polar surface area (TPSA) is 49.6 Å². The molecule has 5 aromatic carbocycles. The predicted octanol–water partition coefficient (Wildman–Crippen LogP) is 11.1. The number of nitriles is 1. The number of aromatic nitrogens is 2. The third kappa shape index (κ3) is 5.23. The minimum Gasteiger partial charge on any atom is -0.228 e. The molecule has 9 rings (SSSR count). The molecule has 0 N–H and O–H groups in total. The average Bonchev–Trinajstić information content (AvgIpc) is 3.57. The molecule has 3 nitrogen and oxygen atoms in total. The summed E-state index contributed by atoms with van der Waals surface area (Å²) in [6.45, 7) is 0. The molecule has 0 radical (unpaired) electrons. The van der Waals surface area contributed by atoms with E-state index in [1.807, 2.05) is 18.2 Å². The zero-order valence-electron chi connectivity index (χ0n) is 27.1. The molecule has 232 valence electrons. The van der Waals surface area contributed by atoms with Crippen molar-refractivity contribution in [1.82, 2.24) is 9.97 Å². The van der Waals surface area contributed by atoms with Crippen molar-refractivity contribution in [3.8, 4) is 39.7 Å². The highest BCUT2D eigenvalue weighted by atomic mass is 14.9. The lowest BCUT2D eigenvalue weighted by Gasteiger charge is -2.25. The summed E-state index contributed by atoms with van der Waals surface area (Å²) in [4.78, 5) is 10.1. The first kappa shape index (κ1) is 29.1. The predicted molar refractivity (Wildman–Crippen MR) is 200 cm³/mol. The molecule has 49 heavy (non-hydrogen) atoms. The largest absolute Gasteiger partial charge is 0.228 e. The molecule has 6 aromatic rings. The molecule has 0 bridgehead atoms. The van der Waals surface area contributed by atoms with E-state index in [0.29, 0.717) is 11.5 Å². The molecule has 0 saturated carbocycles. The Morgan fingerprint density at radius 2 is 1.37 bits per heavy atom. The van der Waals surface area contributed by atoms with E-state index in [-0.39, 0.29) is 5.92 Å². The Hall–Kier alpha value is -6.11. The Bertz CT molecular complexity index is 2400. The highest BCUT2D eigenvalue weighted by Gasteiger charge is 2.37. The van der Waals surface area contributed by atoms with Gasteiger partial charge in [-0.05, 0) is 93.6 Å². The maximum absolute atomic E-state index is 9.40. The summed E-state index contributed by atoms with van der Waals surface area (Å²) < 4.78 is 0. The van der Waals surface area contributed by atoms with Crippen LogP contribution in [0.3, 0.4) is 0 Å². The van der Waals surface area contributed by atoms with Crippen LogP contribution in [-0.2, 0) is 6.42 Å². The monoisotopic (exact) mass is 627 g/mol. The van der Waals surface area contributed by atoms with Gasteiger partial charge in [0.15, 0.2) is 5.82 Å². The molecule has 0 aliphatic heterocycles. The van der Waals surface area contributed by atoms with Crippen LogP contribution in [0.25, 0.3) is 55.6 Å². The fourth-order valence-electron chi connectivity index (χ4n) is 7.86. The number of nitrogens with zero attached hydrogens (tertiary/aromatic N) is 3. The SMILES string of the molecule is N#Cc1ccc(-c2cc3c(c4ccccc24)CC2C=CC=C(c4ccc(-c5cc(-c6ccccc6)nc(C6=CCCC=C6)n5)cc4)C32)cc1. The van der Waals surface area contributed by atoms with Crippen molar-refractivity contribution < 1.29 is 0 Å². The van der Waals surface area contributed by atoms with Gasteiger partial charge in [-0.25, -0.2) is 9.97 Å². The van der Waals surface area contributed by atoms with Gasteiger partial charge in [0.05, 0.1) is 23.0 Å². The Labute approximate surface area is 287 Å². The van der Waals surface area contributed by atoms with Gasteiger partial charge < -0.3 is 0 Å². The van der Waals surface area contributed by atoms with Crippen LogP contribution in [0.4, 0.5) is 0 Å². The van der Waals surface area contributed by atoms with E-state index in [1.54, 1.807) is 0 Å². The fraction of sp³-hybridized carbons (Fsp3) is 0.109. The van der Waals surface area contributed by atoms with Gasteiger partial charge in [0, 0.05) is 22.6 Å². The highest BCUT2D eigenvalue weighted by molar-refractivity contribution is 6.01. The first-order valence-corrected chi connectivity index (χ1v) is 17.1. The number of fused-ring (bicyclic) bond motifs is 5. The Balaban J connectivity index is 1.11. The van der Waals surface area contributed by atoms with Crippen molar-refractivity contribution in [2.45, 2.75) is 25.2 Å². The standard InChI is InChI=1S/C46H33N3/c47-29-30-18-20-32(21-19-30)40-27-42-41(39-16-8-7-15-38(39)40)26-36-14-9-17-37(45(36)42)31-22-24-34(25-23-31)44-28-43(33-10-3-1-4-11-33)48-46(49-44)35-12-5-2-6-13-35/h1,3-5,7-25,27-28,36,45H,2,6,26H2. The quantitative estimate of drug-likeness (QED) is 0.191. The average molecular weight is 628 g/mol. The number of rotatable bonds is 5. The van der Waals surface area contributed by atoms with Crippen LogP contribution in [0.1, 0.15) is 46.8 Å². The first-order chi connectivity index (χ1) is 24.2. The minimum atomic E-state index is 0.271. The second-order valence-electron chi connectivity index (χ2n) is 13.1. The van der Waals surface area contributed by atoms with Crippen LogP contribution in [0.5, 0.6) is 0 Å². The van der Waals surface area contributed by atoms with Crippen LogP contribution in [0, 0.1) is 17.2 Å². The van der Waals surface area contributed by atoms with Crippen molar-refractivity contribution in [1.29, 1.82) is 5.26 Å². The van der Waals surface area contributed by atoms with E-state index >= 15 is 0 Å². The lowest BCUT2D eigenvalue weighted by molar-refractivity contribution is 0.643. The molecule has 2 atom stereocenters. The van der Waals surface area contributed by atoms with E-state index in [4.69, 9.17) is 9.97 Å². The molecule has 3 aliphatic rings. The normalized spacial score (nSPS) is 17.6. The summed E-state index contributed by atoms with van der Waals surface area (Å²) >= 11 is 0. The number of benzene rings is 5. The molecule has 0 saturated heterocycles. The molecule has 0 amide bonds. The van der Waals surface area contributed by atoms with Gasteiger partial charge in [-0.15, -0.1) is 0 Å². The molecule has 3 aliphatic carbocycles. The first-order valence-electron chi connectivity index (χ1n) is 17.1. The van der Waals surface area contributed by atoms with Gasteiger partial charge in [-0.2, -0.15) is 5.26 Å². The molecule has 0 fully saturated rings. The summed E-state index contributed by atoms with van der Waals surface area (Å²) in [7, 11) is 0. The smallest absolute Gasteiger partial charge is 0.160 e. The Morgan fingerprint density at radius 3 is 2.10 bits per heavy atom. The van der Waals surface area contributed by atoms with E-state index in [9.17, 15) is 5.26 Å². The van der Waals surface area contributed by atoms with Crippen LogP contribution >= 0.6 is 0 Å². The third-order valence-corrected chi connectivity index (χ3v) is 10.3. The Morgan fingerprint density at radius 1 is 0.673 bits per heavy atom. The van der Waals surface area contributed by atoms with E-state index in [1.165, 1.54) is 38.6 Å². The summed E-state index contributed by atoms with van der Waals surface area (Å²) in [5, 5.41) is 12.0. The zero-order valence-corrected chi connectivity index (χ0v) is 27.1. The van der Waals surface area contributed by atoms with Gasteiger partial charge in [0.2, 0.25) is 0 Å². The van der Waals surface area contributed by atoms with E-state index in [0.717, 1.165) is 58.7 Å². The maximum atomic E-state index is 9.40. The number of allylic oxidation sites excluding steroid dienone is 8. The zero-order chi connectivity index (χ0) is 32.7. The molecule has 1 heterocycles. The second-order valence-corrected chi connectivity index (χ2v) is 13.1. The van der Waals surface area contributed by atoms with Crippen LogP contribution < -0.4 is 0 Å². The Kier molecular flexibility index (Phi) is 7.21. The molecule has 1 aromatic heterocycles. The highest BCUT2D eigenvalue weighted by Crippen LogP contribution is 2.52. The van der Waals surface area contributed by atoms with E-state index in [2.05, 4.69) is 140 Å². The molecule has 3 heteroatoms.